The molecule has 1 amide bonds. The van der Waals surface area contributed by atoms with Crippen LogP contribution in [0.5, 0.6) is 0 Å². The Balaban J connectivity index is 1.97. The van der Waals surface area contributed by atoms with Crippen molar-refractivity contribution < 1.29 is 4.79 Å². The van der Waals surface area contributed by atoms with Crippen molar-refractivity contribution in [2.75, 3.05) is 13.1 Å². The van der Waals surface area contributed by atoms with E-state index in [9.17, 15) is 4.79 Å². The van der Waals surface area contributed by atoms with Gasteiger partial charge in [-0.2, -0.15) is 0 Å². The monoisotopic (exact) mass is 302 g/mol. The Hall–Kier alpha value is -2.04. The summed E-state index contributed by atoms with van der Waals surface area (Å²) in [5.41, 5.74) is 1.73. The first kappa shape index (κ1) is 16.3. The molecule has 0 bridgehead atoms. The lowest BCUT2D eigenvalue weighted by atomic mass is 10.1. The minimum atomic E-state index is -0.0179. The average molecular weight is 302 g/mol. The zero-order chi connectivity index (χ0) is 15.8. The molecule has 120 valence electrons. The Morgan fingerprint density at radius 3 is 2.77 bits per heavy atom. The van der Waals surface area contributed by atoms with E-state index in [1.807, 2.05) is 31.2 Å². The van der Waals surface area contributed by atoms with Gasteiger partial charge in [-0.25, -0.2) is 4.99 Å². The van der Waals surface area contributed by atoms with Crippen molar-refractivity contribution in [3.8, 4) is 0 Å². The molecule has 22 heavy (non-hydrogen) atoms. The van der Waals surface area contributed by atoms with E-state index >= 15 is 0 Å². The van der Waals surface area contributed by atoms with E-state index in [4.69, 9.17) is 0 Å². The number of nitrogens with one attached hydrogen (secondary N) is 3. The van der Waals surface area contributed by atoms with Crippen LogP contribution in [0, 0.1) is 0 Å². The molecule has 1 saturated carbocycles. The first-order valence-electron chi connectivity index (χ1n) is 8.15. The van der Waals surface area contributed by atoms with Crippen molar-refractivity contribution in [3.05, 3.63) is 35.4 Å². The summed E-state index contributed by atoms with van der Waals surface area (Å²) in [5.74, 6) is 0.835. The molecular weight excluding hydrogens is 276 g/mol. The summed E-state index contributed by atoms with van der Waals surface area (Å²) in [6, 6.07) is 8.23. The SMILES string of the molecule is CCCNC(=O)c1cccc(CN=C(NCC)NC2CC2)c1. The molecule has 3 N–H and O–H groups in total. The van der Waals surface area contributed by atoms with E-state index in [1.165, 1.54) is 12.8 Å². The van der Waals surface area contributed by atoms with Crippen LogP contribution in [0.3, 0.4) is 0 Å². The smallest absolute Gasteiger partial charge is 0.251 e. The highest BCUT2D eigenvalue weighted by molar-refractivity contribution is 5.94. The number of rotatable bonds is 7. The number of benzene rings is 1. The molecule has 1 aromatic carbocycles. The molecule has 0 saturated heterocycles. The minimum absolute atomic E-state index is 0.0179. The van der Waals surface area contributed by atoms with Crippen molar-refractivity contribution in [3.63, 3.8) is 0 Å². The van der Waals surface area contributed by atoms with Gasteiger partial charge in [-0.05, 0) is 43.9 Å². The lowest BCUT2D eigenvalue weighted by Crippen LogP contribution is -2.38. The van der Waals surface area contributed by atoms with Crippen LogP contribution in [-0.4, -0.2) is 31.0 Å². The minimum Gasteiger partial charge on any atom is -0.357 e. The fourth-order valence-electron chi connectivity index (χ4n) is 2.06. The van der Waals surface area contributed by atoms with Crippen LogP contribution < -0.4 is 16.0 Å². The van der Waals surface area contributed by atoms with Gasteiger partial charge in [0.05, 0.1) is 6.54 Å². The zero-order valence-electron chi connectivity index (χ0n) is 13.5. The summed E-state index contributed by atoms with van der Waals surface area (Å²) >= 11 is 0. The Labute approximate surface area is 132 Å². The summed E-state index contributed by atoms with van der Waals surface area (Å²) in [6.45, 7) is 6.22. The van der Waals surface area contributed by atoms with Gasteiger partial charge in [-0.1, -0.05) is 19.1 Å². The first-order chi connectivity index (χ1) is 10.7. The largest absolute Gasteiger partial charge is 0.357 e. The van der Waals surface area contributed by atoms with Gasteiger partial charge >= 0.3 is 0 Å². The Kier molecular flexibility index (Phi) is 6.25. The van der Waals surface area contributed by atoms with E-state index in [1.54, 1.807) is 0 Å². The van der Waals surface area contributed by atoms with E-state index in [0.717, 1.165) is 24.5 Å². The highest BCUT2D eigenvalue weighted by atomic mass is 16.1. The third-order valence-corrected chi connectivity index (χ3v) is 3.41. The summed E-state index contributed by atoms with van der Waals surface area (Å²) < 4.78 is 0. The molecule has 0 heterocycles. The molecule has 0 spiro atoms. The van der Waals surface area contributed by atoms with Gasteiger partial charge in [-0.15, -0.1) is 0 Å². The van der Waals surface area contributed by atoms with Crippen LogP contribution in [0.25, 0.3) is 0 Å². The van der Waals surface area contributed by atoms with E-state index in [0.29, 0.717) is 24.7 Å². The van der Waals surface area contributed by atoms with Gasteiger partial charge in [0.1, 0.15) is 0 Å². The van der Waals surface area contributed by atoms with Crippen LogP contribution in [0.4, 0.5) is 0 Å². The summed E-state index contributed by atoms with van der Waals surface area (Å²) in [4.78, 5) is 16.6. The second-order valence-corrected chi connectivity index (χ2v) is 5.57. The number of guanidine groups is 1. The molecule has 0 atom stereocenters. The number of aliphatic imine (C=N–C) groups is 1. The van der Waals surface area contributed by atoms with Crippen LogP contribution >= 0.6 is 0 Å². The first-order valence-corrected chi connectivity index (χ1v) is 8.15. The molecule has 0 unspecified atom stereocenters. The Morgan fingerprint density at radius 2 is 2.09 bits per heavy atom. The van der Waals surface area contributed by atoms with Gasteiger partial charge in [0, 0.05) is 24.7 Å². The molecular formula is C17H26N4O. The molecule has 2 rings (SSSR count). The maximum Gasteiger partial charge on any atom is 0.251 e. The topological polar surface area (TPSA) is 65.5 Å². The highest BCUT2D eigenvalue weighted by Gasteiger charge is 2.22. The van der Waals surface area contributed by atoms with Crippen molar-refractivity contribution in [1.82, 2.24) is 16.0 Å². The lowest BCUT2D eigenvalue weighted by Gasteiger charge is -2.10. The summed E-state index contributed by atoms with van der Waals surface area (Å²) in [5, 5.41) is 9.53. The number of amides is 1. The quantitative estimate of drug-likeness (QED) is 0.533. The molecule has 1 aliphatic carbocycles. The molecule has 0 radical (unpaired) electrons. The third-order valence-electron chi connectivity index (χ3n) is 3.41. The number of carbonyl (C=O) groups is 1. The molecule has 1 fully saturated rings. The van der Waals surface area contributed by atoms with Crippen molar-refractivity contribution in [2.24, 2.45) is 4.99 Å². The van der Waals surface area contributed by atoms with Crippen molar-refractivity contribution >= 4 is 11.9 Å². The zero-order valence-corrected chi connectivity index (χ0v) is 13.5. The summed E-state index contributed by atoms with van der Waals surface area (Å²) in [6.07, 6.45) is 3.38. The van der Waals surface area contributed by atoms with E-state index in [2.05, 4.69) is 27.9 Å². The standard InChI is InChI=1S/C17H26N4O/c1-3-10-19-16(22)14-7-5-6-13(11-14)12-20-17(18-4-2)21-15-8-9-15/h5-7,11,15H,3-4,8-10,12H2,1-2H3,(H,19,22)(H2,18,20,21). The van der Waals surface area contributed by atoms with Gasteiger partial charge in [-0.3, -0.25) is 4.79 Å². The highest BCUT2D eigenvalue weighted by Crippen LogP contribution is 2.18. The molecule has 5 nitrogen and oxygen atoms in total. The second kappa shape index (κ2) is 8.41. The van der Waals surface area contributed by atoms with Gasteiger partial charge in [0.2, 0.25) is 0 Å². The summed E-state index contributed by atoms with van der Waals surface area (Å²) in [7, 11) is 0. The number of nitrogens with zero attached hydrogens (tertiary/aromatic N) is 1. The fourth-order valence-corrected chi connectivity index (χ4v) is 2.06. The Bertz CT molecular complexity index is 523. The molecule has 5 heteroatoms. The number of hydrogen-bond donors (Lipinski definition) is 3. The van der Waals surface area contributed by atoms with Gasteiger partial charge in [0.15, 0.2) is 5.96 Å². The van der Waals surface area contributed by atoms with Crippen LogP contribution in [0.1, 0.15) is 49.0 Å². The maximum absolute atomic E-state index is 12.0. The molecule has 1 aliphatic rings. The fraction of sp³-hybridized carbons (Fsp3) is 0.529. The predicted molar refractivity (Wildman–Crippen MR) is 90.0 cm³/mol. The number of carbonyl (C=O) groups excluding carboxylic acids is 1. The second-order valence-electron chi connectivity index (χ2n) is 5.57. The maximum atomic E-state index is 12.0. The predicted octanol–water partition coefficient (Wildman–Crippen LogP) is 2.04. The Morgan fingerprint density at radius 1 is 1.27 bits per heavy atom. The van der Waals surface area contributed by atoms with Crippen LogP contribution in [-0.2, 0) is 6.54 Å². The molecule has 0 aliphatic heterocycles. The van der Waals surface area contributed by atoms with Crippen LogP contribution in [0.2, 0.25) is 0 Å². The third kappa shape index (κ3) is 5.39. The lowest BCUT2D eigenvalue weighted by molar-refractivity contribution is 0.0953. The van der Waals surface area contributed by atoms with E-state index in [-0.39, 0.29) is 5.91 Å². The van der Waals surface area contributed by atoms with Gasteiger partial charge < -0.3 is 16.0 Å². The van der Waals surface area contributed by atoms with E-state index < -0.39 is 0 Å². The normalized spacial score (nSPS) is 14.5. The van der Waals surface area contributed by atoms with Crippen molar-refractivity contribution in [2.45, 2.75) is 45.7 Å². The molecule has 1 aromatic rings. The molecule has 0 aromatic heterocycles. The number of hydrogen-bond acceptors (Lipinski definition) is 2. The van der Waals surface area contributed by atoms with Crippen LogP contribution in [0.15, 0.2) is 29.3 Å². The van der Waals surface area contributed by atoms with Gasteiger partial charge in [0.25, 0.3) is 5.91 Å². The van der Waals surface area contributed by atoms with Crippen molar-refractivity contribution in [1.29, 1.82) is 0 Å². The average Bonchev–Trinajstić information content (AvgIpc) is 3.35.